The van der Waals surface area contributed by atoms with Gasteiger partial charge in [-0.15, -0.1) is 0 Å². The van der Waals surface area contributed by atoms with Gasteiger partial charge in [0.2, 0.25) is 0 Å². The zero-order chi connectivity index (χ0) is 21.1. The molecule has 0 saturated carbocycles. The first kappa shape index (κ1) is 22.0. The summed E-state index contributed by atoms with van der Waals surface area (Å²) in [6, 6.07) is 4.07. The molecule has 0 bridgehead atoms. The summed E-state index contributed by atoms with van der Waals surface area (Å²) in [5, 5.41) is 0. The summed E-state index contributed by atoms with van der Waals surface area (Å²) < 4.78 is 15.7. The quantitative estimate of drug-likeness (QED) is 0.310. The fraction of sp³-hybridized carbons (Fsp3) is 0.565. The molecule has 28 heavy (non-hydrogen) atoms. The van der Waals surface area contributed by atoms with Crippen LogP contribution in [0.25, 0.3) is 6.08 Å². The second kappa shape index (κ2) is 8.38. The molecular formula is C23H32O5. The largest absolute Gasteiger partial charge is 0.496 e. The first-order valence-corrected chi connectivity index (χ1v) is 9.86. The van der Waals surface area contributed by atoms with E-state index in [4.69, 9.17) is 14.2 Å². The van der Waals surface area contributed by atoms with Crippen molar-refractivity contribution in [2.24, 2.45) is 0 Å². The molecule has 1 aromatic carbocycles. The molecule has 154 valence electrons. The van der Waals surface area contributed by atoms with Crippen LogP contribution in [0.5, 0.6) is 5.75 Å². The van der Waals surface area contributed by atoms with Gasteiger partial charge in [0.05, 0.1) is 20.3 Å². The summed E-state index contributed by atoms with van der Waals surface area (Å²) in [6.45, 7) is 12.7. The summed E-state index contributed by atoms with van der Waals surface area (Å²) in [6.07, 6.45) is 3.67. The Balaban J connectivity index is 2.67. The van der Waals surface area contributed by atoms with E-state index >= 15 is 0 Å². The van der Waals surface area contributed by atoms with Gasteiger partial charge in [-0.05, 0) is 66.9 Å². The molecule has 0 aliphatic heterocycles. The molecule has 0 aromatic heterocycles. The van der Waals surface area contributed by atoms with Crippen LogP contribution >= 0.6 is 0 Å². The van der Waals surface area contributed by atoms with Crippen LogP contribution in [0.2, 0.25) is 0 Å². The van der Waals surface area contributed by atoms with Crippen LogP contribution in [0.4, 0.5) is 0 Å². The number of ether oxygens (including phenoxy) is 3. The second-order valence-corrected chi connectivity index (χ2v) is 8.41. The number of fused-ring (bicyclic) bond motifs is 1. The summed E-state index contributed by atoms with van der Waals surface area (Å²) >= 11 is 0. The Morgan fingerprint density at radius 1 is 0.929 bits per heavy atom. The molecule has 0 unspecified atom stereocenters. The van der Waals surface area contributed by atoms with Crippen molar-refractivity contribution in [3.05, 3.63) is 34.4 Å². The number of esters is 2. The van der Waals surface area contributed by atoms with Gasteiger partial charge < -0.3 is 14.2 Å². The summed E-state index contributed by atoms with van der Waals surface area (Å²) in [7, 11) is 1.59. The van der Waals surface area contributed by atoms with E-state index in [9.17, 15) is 9.59 Å². The lowest BCUT2D eigenvalue weighted by atomic mass is 9.63. The minimum Gasteiger partial charge on any atom is -0.496 e. The zero-order valence-corrected chi connectivity index (χ0v) is 18.1. The molecule has 0 atom stereocenters. The van der Waals surface area contributed by atoms with Crippen molar-refractivity contribution in [3.63, 3.8) is 0 Å². The van der Waals surface area contributed by atoms with Crippen LogP contribution in [-0.4, -0.2) is 32.3 Å². The van der Waals surface area contributed by atoms with E-state index in [0.717, 1.165) is 12.8 Å². The van der Waals surface area contributed by atoms with Gasteiger partial charge in [0.25, 0.3) is 0 Å². The number of carbonyl (C=O) groups is 2. The fourth-order valence-corrected chi connectivity index (χ4v) is 3.67. The van der Waals surface area contributed by atoms with E-state index in [1.54, 1.807) is 21.0 Å². The van der Waals surface area contributed by atoms with Gasteiger partial charge in [0.1, 0.15) is 11.3 Å². The van der Waals surface area contributed by atoms with Gasteiger partial charge in [-0.3, -0.25) is 0 Å². The minimum atomic E-state index is -0.694. The summed E-state index contributed by atoms with van der Waals surface area (Å²) in [5.41, 5.74) is 3.02. The molecule has 0 amide bonds. The SMILES string of the molecule is CCOC(=O)C(=Cc1cc2c(cc1OC)C(C)(C)CCC2(C)C)C(=O)OCC. The number of methoxy groups -OCH3 is 1. The normalized spacial score (nSPS) is 16.5. The molecule has 5 heteroatoms. The lowest BCUT2D eigenvalue weighted by Gasteiger charge is -2.42. The first-order chi connectivity index (χ1) is 13.1. The topological polar surface area (TPSA) is 61.8 Å². The maximum Gasteiger partial charge on any atom is 0.345 e. The van der Waals surface area contributed by atoms with Gasteiger partial charge in [-0.1, -0.05) is 27.7 Å². The number of benzene rings is 1. The number of hydrogen-bond acceptors (Lipinski definition) is 5. The van der Waals surface area contributed by atoms with Crippen molar-refractivity contribution in [1.82, 2.24) is 0 Å². The van der Waals surface area contributed by atoms with Gasteiger partial charge in [-0.25, -0.2) is 9.59 Å². The van der Waals surface area contributed by atoms with Crippen molar-refractivity contribution >= 4 is 18.0 Å². The number of rotatable bonds is 6. The highest BCUT2D eigenvalue weighted by Crippen LogP contribution is 2.47. The standard InChI is InChI=1S/C23H32O5/c1-8-27-20(24)16(21(25)28-9-2)12-15-13-17-18(14-19(15)26-7)23(5,6)11-10-22(17,3)4/h12-14H,8-11H2,1-7H3. The monoisotopic (exact) mass is 388 g/mol. The first-order valence-electron chi connectivity index (χ1n) is 9.86. The maximum absolute atomic E-state index is 12.4. The van der Waals surface area contributed by atoms with Crippen LogP contribution in [0, 0.1) is 0 Å². The highest BCUT2D eigenvalue weighted by atomic mass is 16.6. The molecule has 2 rings (SSSR count). The number of carbonyl (C=O) groups excluding carboxylic acids is 2. The molecule has 1 aliphatic rings. The van der Waals surface area contributed by atoms with Crippen molar-refractivity contribution in [1.29, 1.82) is 0 Å². The average Bonchev–Trinajstić information content (AvgIpc) is 2.63. The van der Waals surface area contributed by atoms with Gasteiger partial charge in [0, 0.05) is 5.56 Å². The Bertz CT molecular complexity index is 766. The highest BCUT2D eigenvalue weighted by Gasteiger charge is 2.38. The molecule has 0 fully saturated rings. The lowest BCUT2D eigenvalue weighted by molar-refractivity contribution is -0.146. The van der Waals surface area contributed by atoms with Crippen LogP contribution in [0.1, 0.15) is 71.1 Å². The molecule has 0 saturated heterocycles. The molecule has 1 aromatic rings. The maximum atomic E-state index is 12.4. The third-order valence-electron chi connectivity index (χ3n) is 5.49. The third kappa shape index (κ3) is 4.40. The van der Waals surface area contributed by atoms with Gasteiger partial charge in [-0.2, -0.15) is 0 Å². The molecule has 0 heterocycles. The Morgan fingerprint density at radius 2 is 1.39 bits per heavy atom. The average molecular weight is 389 g/mol. The van der Waals surface area contributed by atoms with E-state index in [1.165, 1.54) is 17.2 Å². The highest BCUT2D eigenvalue weighted by molar-refractivity contribution is 6.17. The number of hydrogen-bond donors (Lipinski definition) is 0. The second-order valence-electron chi connectivity index (χ2n) is 8.41. The minimum absolute atomic E-state index is 0.00622. The van der Waals surface area contributed by atoms with Gasteiger partial charge in [0.15, 0.2) is 0 Å². The predicted molar refractivity (Wildman–Crippen MR) is 110 cm³/mol. The summed E-state index contributed by atoms with van der Waals surface area (Å²) in [4.78, 5) is 24.7. The third-order valence-corrected chi connectivity index (χ3v) is 5.49. The van der Waals surface area contributed by atoms with Crippen molar-refractivity contribution in [3.8, 4) is 5.75 Å². The van der Waals surface area contributed by atoms with Gasteiger partial charge >= 0.3 is 11.9 Å². The molecule has 0 radical (unpaired) electrons. The zero-order valence-electron chi connectivity index (χ0n) is 18.1. The fourth-order valence-electron chi connectivity index (χ4n) is 3.67. The van der Waals surface area contributed by atoms with Crippen molar-refractivity contribution in [2.45, 2.75) is 65.2 Å². The molecule has 0 spiro atoms. The Labute approximate surface area is 168 Å². The van der Waals surface area contributed by atoms with Crippen LogP contribution in [0.15, 0.2) is 17.7 Å². The molecular weight excluding hydrogens is 356 g/mol. The summed E-state index contributed by atoms with van der Waals surface area (Å²) in [5.74, 6) is -0.767. The van der Waals surface area contributed by atoms with E-state index < -0.39 is 11.9 Å². The van der Waals surface area contributed by atoms with Crippen molar-refractivity contribution < 1.29 is 23.8 Å². The van der Waals surface area contributed by atoms with Crippen molar-refractivity contribution in [2.75, 3.05) is 20.3 Å². The molecule has 1 aliphatic carbocycles. The van der Waals surface area contributed by atoms with E-state index in [2.05, 4.69) is 27.7 Å². The van der Waals surface area contributed by atoms with E-state index in [-0.39, 0.29) is 29.6 Å². The van der Waals surface area contributed by atoms with Crippen LogP contribution in [-0.2, 0) is 29.9 Å². The van der Waals surface area contributed by atoms with Crippen LogP contribution in [0.3, 0.4) is 0 Å². The Morgan fingerprint density at radius 3 is 1.82 bits per heavy atom. The Kier molecular flexibility index (Phi) is 6.58. The lowest BCUT2D eigenvalue weighted by Crippen LogP contribution is -2.34. The predicted octanol–water partition coefficient (Wildman–Crippen LogP) is 4.55. The van der Waals surface area contributed by atoms with Crippen LogP contribution < -0.4 is 4.74 Å². The smallest absolute Gasteiger partial charge is 0.345 e. The Hall–Kier alpha value is -2.30. The van der Waals surface area contributed by atoms with E-state index in [1.807, 2.05) is 12.1 Å². The van der Waals surface area contributed by atoms with E-state index in [0.29, 0.717) is 11.3 Å². The molecule has 5 nitrogen and oxygen atoms in total. The molecule has 0 N–H and O–H groups in total.